The Bertz CT molecular complexity index is 972. The van der Waals surface area contributed by atoms with Crippen LogP contribution in [0.3, 0.4) is 0 Å². The second kappa shape index (κ2) is 7.87. The Morgan fingerprint density at radius 2 is 1.85 bits per heavy atom. The molecule has 0 radical (unpaired) electrons. The first-order valence-corrected chi connectivity index (χ1v) is 9.12. The van der Waals surface area contributed by atoms with E-state index in [1.165, 1.54) is 30.0 Å². The average molecular weight is 388 g/mol. The van der Waals surface area contributed by atoms with Gasteiger partial charge in [-0.1, -0.05) is 17.8 Å². The van der Waals surface area contributed by atoms with Crippen molar-refractivity contribution in [1.29, 1.82) is 0 Å². The Kier molecular flexibility index (Phi) is 5.55. The Morgan fingerprint density at radius 1 is 1.15 bits per heavy atom. The zero-order chi connectivity index (χ0) is 19.6. The van der Waals surface area contributed by atoms with E-state index in [4.69, 9.17) is 0 Å². The highest BCUT2D eigenvalue weighted by atomic mass is 32.2. The number of nitrogens with zero attached hydrogens (tertiary/aromatic N) is 3. The lowest BCUT2D eigenvalue weighted by Gasteiger charge is -2.12. The van der Waals surface area contributed by atoms with Crippen LogP contribution in [0.25, 0.3) is 11.4 Å². The van der Waals surface area contributed by atoms with Gasteiger partial charge in [0.2, 0.25) is 5.91 Å². The topological polar surface area (TPSA) is 59.8 Å². The Morgan fingerprint density at radius 3 is 2.52 bits per heavy atom. The quantitative estimate of drug-likeness (QED) is 0.666. The molecule has 27 heavy (non-hydrogen) atoms. The van der Waals surface area contributed by atoms with Crippen LogP contribution in [0.4, 0.5) is 14.5 Å². The molecule has 2 aromatic carbocycles. The number of carbonyl (C=O) groups excluding carboxylic acids is 1. The lowest BCUT2D eigenvalue weighted by Crippen LogP contribution is -2.23. The van der Waals surface area contributed by atoms with Crippen LogP contribution in [-0.2, 0) is 11.8 Å². The average Bonchev–Trinajstić information content (AvgIpc) is 2.99. The molecule has 3 rings (SSSR count). The molecule has 8 heteroatoms. The lowest BCUT2D eigenvalue weighted by molar-refractivity contribution is -0.115. The molecule has 1 N–H and O–H groups in total. The molecule has 0 aliphatic carbocycles. The third kappa shape index (κ3) is 4.33. The standard InChI is InChI=1S/C19H18F2N4OS/c1-11-4-9-15(10-16(11)21)22-18(26)12(2)27-19-24-23-17(25(19)3)13-5-7-14(20)8-6-13/h4-10,12H,1-3H3,(H,22,26)/t12-/m1/s1. The first-order chi connectivity index (χ1) is 12.8. The molecule has 1 amide bonds. The molecule has 0 fully saturated rings. The van der Waals surface area contributed by atoms with Gasteiger partial charge in [0, 0.05) is 18.3 Å². The summed E-state index contributed by atoms with van der Waals surface area (Å²) in [5.41, 5.74) is 1.65. The Labute approximate surface area is 159 Å². The molecule has 0 spiro atoms. The number of amides is 1. The maximum Gasteiger partial charge on any atom is 0.237 e. The fourth-order valence-corrected chi connectivity index (χ4v) is 3.21. The van der Waals surface area contributed by atoms with Crippen molar-refractivity contribution < 1.29 is 13.6 Å². The van der Waals surface area contributed by atoms with Gasteiger partial charge in [0.05, 0.1) is 5.25 Å². The SMILES string of the molecule is Cc1ccc(NC(=O)[C@@H](C)Sc2nnc(-c3ccc(F)cc3)n2C)cc1F. The summed E-state index contributed by atoms with van der Waals surface area (Å²) in [6.07, 6.45) is 0. The summed E-state index contributed by atoms with van der Waals surface area (Å²) < 4.78 is 28.4. The first-order valence-electron chi connectivity index (χ1n) is 8.24. The molecule has 1 atom stereocenters. The summed E-state index contributed by atoms with van der Waals surface area (Å²) in [5, 5.41) is 11.0. The van der Waals surface area contributed by atoms with Gasteiger partial charge in [0.15, 0.2) is 11.0 Å². The summed E-state index contributed by atoms with van der Waals surface area (Å²) >= 11 is 1.23. The smallest absolute Gasteiger partial charge is 0.237 e. The molecule has 140 valence electrons. The Balaban J connectivity index is 1.70. The fraction of sp³-hybridized carbons (Fsp3) is 0.211. The van der Waals surface area contributed by atoms with Crippen molar-refractivity contribution in [1.82, 2.24) is 14.8 Å². The summed E-state index contributed by atoms with van der Waals surface area (Å²) in [4.78, 5) is 12.4. The van der Waals surface area contributed by atoms with Crippen molar-refractivity contribution in [2.75, 3.05) is 5.32 Å². The Hall–Kier alpha value is -2.74. The van der Waals surface area contributed by atoms with Crippen LogP contribution in [0.2, 0.25) is 0 Å². The van der Waals surface area contributed by atoms with Gasteiger partial charge in [-0.25, -0.2) is 8.78 Å². The second-order valence-electron chi connectivity index (χ2n) is 6.09. The van der Waals surface area contributed by atoms with E-state index in [1.807, 2.05) is 0 Å². The minimum absolute atomic E-state index is 0.269. The zero-order valence-corrected chi connectivity index (χ0v) is 15.8. The van der Waals surface area contributed by atoms with Gasteiger partial charge in [-0.2, -0.15) is 0 Å². The summed E-state index contributed by atoms with van der Waals surface area (Å²) in [6.45, 7) is 3.39. The largest absolute Gasteiger partial charge is 0.325 e. The molecular formula is C19H18F2N4OS. The van der Waals surface area contributed by atoms with Crippen LogP contribution < -0.4 is 5.32 Å². The highest BCUT2D eigenvalue weighted by molar-refractivity contribution is 8.00. The van der Waals surface area contributed by atoms with E-state index in [9.17, 15) is 13.6 Å². The van der Waals surface area contributed by atoms with Crippen molar-refractivity contribution in [3.8, 4) is 11.4 Å². The lowest BCUT2D eigenvalue weighted by atomic mass is 10.2. The third-order valence-corrected chi connectivity index (χ3v) is 5.16. The van der Waals surface area contributed by atoms with Crippen LogP contribution >= 0.6 is 11.8 Å². The van der Waals surface area contributed by atoms with E-state index < -0.39 is 5.25 Å². The van der Waals surface area contributed by atoms with Gasteiger partial charge in [-0.15, -0.1) is 10.2 Å². The van der Waals surface area contributed by atoms with Crippen LogP contribution in [0.1, 0.15) is 12.5 Å². The molecule has 1 heterocycles. The number of benzene rings is 2. The van der Waals surface area contributed by atoms with E-state index in [0.717, 1.165) is 5.56 Å². The van der Waals surface area contributed by atoms with Crippen LogP contribution in [0, 0.1) is 18.6 Å². The number of aromatic nitrogens is 3. The number of rotatable bonds is 5. The van der Waals surface area contributed by atoms with Crippen molar-refractivity contribution in [3.05, 3.63) is 59.7 Å². The molecule has 0 bridgehead atoms. The number of thioether (sulfide) groups is 1. The van der Waals surface area contributed by atoms with Crippen molar-refractivity contribution in [2.24, 2.45) is 7.05 Å². The van der Waals surface area contributed by atoms with E-state index >= 15 is 0 Å². The molecule has 0 unspecified atom stereocenters. The van der Waals surface area contributed by atoms with Crippen molar-refractivity contribution in [3.63, 3.8) is 0 Å². The monoisotopic (exact) mass is 388 g/mol. The molecule has 1 aromatic heterocycles. The second-order valence-corrected chi connectivity index (χ2v) is 7.39. The third-order valence-electron chi connectivity index (χ3n) is 4.03. The number of carbonyl (C=O) groups is 1. The van der Waals surface area contributed by atoms with Gasteiger partial charge in [0.25, 0.3) is 0 Å². The van der Waals surface area contributed by atoms with E-state index in [0.29, 0.717) is 22.2 Å². The number of aryl methyl sites for hydroxylation is 1. The van der Waals surface area contributed by atoms with Gasteiger partial charge < -0.3 is 9.88 Å². The molecular weight excluding hydrogens is 370 g/mol. The number of nitrogens with one attached hydrogen (secondary N) is 1. The molecule has 0 saturated carbocycles. The minimum Gasteiger partial charge on any atom is -0.325 e. The van der Waals surface area contributed by atoms with Gasteiger partial charge in [-0.3, -0.25) is 4.79 Å². The predicted octanol–water partition coefficient (Wildman–Crippen LogP) is 4.19. The highest BCUT2D eigenvalue weighted by Crippen LogP contribution is 2.26. The molecule has 3 aromatic rings. The maximum absolute atomic E-state index is 13.6. The van der Waals surface area contributed by atoms with Gasteiger partial charge >= 0.3 is 0 Å². The van der Waals surface area contributed by atoms with Crippen LogP contribution in [0.15, 0.2) is 47.6 Å². The van der Waals surface area contributed by atoms with Gasteiger partial charge in [0.1, 0.15) is 11.6 Å². The number of anilines is 1. The zero-order valence-electron chi connectivity index (χ0n) is 15.0. The highest BCUT2D eigenvalue weighted by Gasteiger charge is 2.20. The van der Waals surface area contributed by atoms with E-state index in [2.05, 4.69) is 15.5 Å². The molecule has 0 aliphatic rings. The first kappa shape index (κ1) is 19.0. The van der Waals surface area contributed by atoms with E-state index in [1.54, 1.807) is 49.7 Å². The molecule has 0 saturated heterocycles. The number of hydrogen-bond donors (Lipinski definition) is 1. The number of hydrogen-bond acceptors (Lipinski definition) is 4. The van der Waals surface area contributed by atoms with Crippen molar-refractivity contribution in [2.45, 2.75) is 24.3 Å². The normalized spacial score (nSPS) is 12.0. The summed E-state index contributed by atoms with van der Waals surface area (Å²) in [5.74, 6) is -0.390. The summed E-state index contributed by atoms with van der Waals surface area (Å²) in [7, 11) is 1.78. The maximum atomic E-state index is 13.6. The number of halogens is 2. The van der Waals surface area contributed by atoms with Crippen molar-refractivity contribution >= 4 is 23.4 Å². The van der Waals surface area contributed by atoms with Crippen LogP contribution in [-0.4, -0.2) is 25.9 Å². The van der Waals surface area contributed by atoms with E-state index in [-0.39, 0.29) is 17.5 Å². The predicted molar refractivity (Wildman–Crippen MR) is 101 cm³/mol. The minimum atomic E-state index is -0.474. The van der Waals surface area contributed by atoms with Crippen LogP contribution in [0.5, 0.6) is 0 Å². The molecule has 0 aliphatic heterocycles. The molecule has 5 nitrogen and oxygen atoms in total. The van der Waals surface area contributed by atoms with Gasteiger partial charge in [-0.05, 0) is 55.8 Å². The summed E-state index contributed by atoms with van der Waals surface area (Å²) in [6, 6.07) is 10.5. The fourth-order valence-electron chi connectivity index (χ4n) is 2.39.